The van der Waals surface area contributed by atoms with Gasteiger partial charge < -0.3 is 11.1 Å². The first-order chi connectivity index (χ1) is 17.2. The average molecular weight is 495 g/mol. The number of hydrogen-bond donors (Lipinski definition) is 2. The van der Waals surface area contributed by atoms with Gasteiger partial charge in [0.15, 0.2) is 5.82 Å². The zero-order valence-electron chi connectivity index (χ0n) is 18.4. The molecule has 0 fully saturated rings. The maximum Gasteiger partial charge on any atom is 0.416 e. The van der Waals surface area contributed by atoms with Crippen LogP contribution in [-0.4, -0.2) is 20.9 Å². The van der Waals surface area contributed by atoms with Crippen molar-refractivity contribution in [2.75, 3.05) is 5.32 Å². The number of halogens is 4. The third kappa shape index (κ3) is 6.03. The molecule has 0 saturated carbocycles. The highest BCUT2D eigenvalue weighted by Gasteiger charge is 2.30. The number of azo groups is 1. The van der Waals surface area contributed by atoms with Gasteiger partial charge in [0.05, 0.1) is 29.3 Å². The lowest BCUT2D eigenvalue weighted by Crippen LogP contribution is -2.10. The third-order valence-electron chi connectivity index (χ3n) is 4.87. The number of primary amides is 1. The second-order valence-electron chi connectivity index (χ2n) is 7.45. The van der Waals surface area contributed by atoms with Crippen LogP contribution in [0.15, 0.2) is 83.3 Å². The van der Waals surface area contributed by atoms with Crippen LogP contribution >= 0.6 is 0 Å². The maximum absolute atomic E-state index is 14.2. The van der Waals surface area contributed by atoms with E-state index in [1.807, 2.05) is 0 Å². The van der Waals surface area contributed by atoms with Crippen molar-refractivity contribution in [1.82, 2.24) is 15.0 Å². The van der Waals surface area contributed by atoms with Crippen LogP contribution in [0.3, 0.4) is 0 Å². The highest BCUT2D eigenvalue weighted by molar-refractivity contribution is 5.93. The van der Waals surface area contributed by atoms with Crippen molar-refractivity contribution in [1.29, 1.82) is 0 Å². The summed E-state index contributed by atoms with van der Waals surface area (Å²) in [6, 6.07) is 14.0. The SMILES string of the molecule is NC(=O)c1ccc(-c2nc(N=NCc3ccc(Nc4cccc(C(F)(F)F)c4)cn3)ncc2F)cc1. The average Bonchev–Trinajstić information content (AvgIpc) is 2.86. The van der Waals surface area contributed by atoms with Crippen molar-refractivity contribution in [2.24, 2.45) is 16.0 Å². The molecular formula is C24H17F4N7O. The molecule has 0 saturated heterocycles. The van der Waals surface area contributed by atoms with Gasteiger partial charge in [0, 0.05) is 16.8 Å². The minimum atomic E-state index is -4.44. The van der Waals surface area contributed by atoms with Crippen LogP contribution in [0.5, 0.6) is 0 Å². The lowest BCUT2D eigenvalue weighted by atomic mass is 10.1. The number of pyridine rings is 1. The summed E-state index contributed by atoms with van der Waals surface area (Å²) in [6.45, 7) is 0.0627. The molecule has 2 heterocycles. The Hall–Kier alpha value is -4.74. The Labute approximate surface area is 202 Å². The van der Waals surface area contributed by atoms with Crippen LogP contribution in [0, 0.1) is 5.82 Å². The summed E-state index contributed by atoms with van der Waals surface area (Å²) in [6.07, 6.45) is -2.02. The fourth-order valence-electron chi connectivity index (χ4n) is 3.10. The summed E-state index contributed by atoms with van der Waals surface area (Å²) in [5.74, 6) is -1.35. The number of alkyl halides is 3. The van der Waals surface area contributed by atoms with Crippen LogP contribution in [0.4, 0.5) is 34.9 Å². The van der Waals surface area contributed by atoms with Crippen molar-refractivity contribution in [3.8, 4) is 11.3 Å². The van der Waals surface area contributed by atoms with Crippen molar-refractivity contribution >= 4 is 23.2 Å². The molecule has 0 unspecified atom stereocenters. The number of nitrogens with zero attached hydrogens (tertiary/aromatic N) is 5. The van der Waals surface area contributed by atoms with Gasteiger partial charge in [0.1, 0.15) is 12.2 Å². The molecule has 36 heavy (non-hydrogen) atoms. The summed E-state index contributed by atoms with van der Waals surface area (Å²) in [5.41, 5.74) is 6.40. The van der Waals surface area contributed by atoms with Crippen LogP contribution in [0.1, 0.15) is 21.6 Å². The Bertz CT molecular complexity index is 1410. The molecule has 3 N–H and O–H groups in total. The van der Waals surface area contributed by atoms with Gasteiger partial charge in [0.2, 0.25) is 5.91 Å². The Morgan fingerprint density at radius 2 is 1.75 bits per heavy atom. The Balaban J connectivity index is 1.41. The van der Waals surface area contributed by atoms with E-state index < -0.39 is 23.5 Å². The molecule has 2 aromatic carbocycles. The zero-order chi connectivity index (χ0) is 25.7. The van der Waals surface area contributed by atoms with E-state index in [-0.39, 0.29) is 29.4 Å². The van der Waals surface area contributed by atoms with E-state index in [1.54, 1.807) is 12.1 Å². The largest absolute Gasteiger partial charge is 0.416 e. The predicted molar refractivity (Wildman–Crippen MR) is 123 cm³/mol. The summed E-state index contributed by atoms with van der Waals surface area (Å²) in [5, 5.41) is 10.7. The normalized spacial score (nSPS) is 11.6. The Morgan fingerprint density at radius 1 is 0.972 bits per heavy atom. The van der Waals surface area contributed by atoms with E-state index in [9.17, 15) is 22.4 Å². The third-order valence-corrected chi connectivity index (χ3v) is 4.87. The molecule has 8 nitrogen and oxygen atoms in total. The van der Waals surface area contributed by atoms with Gasteiger partial charge >= 0.3 is 6.18 Å². The van der Waals surface area contributed by atoms with E-state index in [0.29, 0.717) is 16.9 Å². The first-order valence-corrected chi connectivity index (χ1v) is 10.4. The minimum absolute atomic E-state index is 0.0156. The summed E-state index contributed by atoms with van der Waals surface area (Å²) in [4.78, 5) is 23.3. The summed E-state index contributed by atoms with van der Waals surface area (Å²) < 4.78 is 52.8. The van der Waals surface area contributed by atoms with E-state index in [2.05, 4.69) is 30.5 Å². The molecule has 182 valence electrons. The van der Waals surface area contributed by atoms with Gasteiger partial charge in [-0.3, -0.25) is 9.78 Å². The molecule has 0 aliphatic rings. The number of nitrogens with one attached hydrogen (secondary N) is 1. The molecule has 4 aromatic rings. The first-order valence-electron chi connectivity index (χ1n) is 10.4. The van der Waals surface area contributed by atoms with Gasteiger partial charge in [-0.2, -0.15) is 18.3 Å². The van der Waals surface area contributed by atoms with Crippen LogP contribution < -0.4 is 11.1 Å². The molecule has 2 aromatic heterocycles. The second kappa shape index (κ2) is 10.3. The number of benzene rings is 2. The van der Waals surface area contributed by atoms with Crippen molar-refractivity contribution < 1.29 is 22.4 Å². The lowest BCUT2D eigenvalue weighted by molar-refractivity contribution is -0.137. The van der Waals surface area contributed by atoms with Gasteiger partial charge in [-0.25, -0.2) is 14.4 Å². The highest BCUT2D eigenvalue weighted by Crippen LogP contribution is 2.31. The molecule has 0 atom stereocenters. The van der Waals surface area contributed by atoms with Crippen molar-refractivity contribution in [2.45, 2.75) is 12.7 Å². The number of amides is 1. The van der Waals surface area contributed by atoms with Gasteiger partial charge in [-0.05, 0) is 42.5 Å². The number of carbonyl (C=O) groups is 1. The lowest BCUT2D eigenvalue weighted by Gasteiger charge is -2.10. The molecule has 0 aliphatic carbocycles. The molecule has 1 amide bonds. The Morgan fingerprint density at radius 3 is 2.42 bits per heavy atom. The van der Waals surface area contributed by atoms with Gasteiger partial charge in [0.25, 0.3) is 5.95 Å². The molecule has 12 heteroatoms. The molecular weight excluding hydrogens is 478 g/mol. The van der Waals surface area contributed by atoms with E-state index in [1.165, 1.54) is 42.6 Å². The van der Waals surface area contributed by atoms with Crippen molar-refractivity contribution in [3.05, 3.63) is 95.7 Å². The summed E-state index contributed by atoms with van der Waals surface area (Å²) in [7, 11) is 0. The number of hydrogen-bond acceptors (Lipinski definition) is 7. The zero-order valence-corrected chi connectivity index (χ0v) is 18.4. The minimum Gasteiger partial charge on any atom is -0.366 e. The number of carbonyl (C=O) groups excluding carboxylic acids is 1. The standard InChI is InChI=1S/C24H17F4N7O/c25-20-13-31-23(34-21(20)14-4-6-15(7-5-14)22(29)36)35-32-12-18-8-9-19(11-30-18)33-17-3-1-2-16(10-17)24(26,27)28/h1-11,13,33H,12H2,(H2,29,36). The van der Waals surface area contributed by atoms with E-state index in [4.69, 9.17) is 5.73 Å². The van der Waals surface area contributed by atoms with Gasteiger partial charge in [-0.1, -0.05) is 18.2 Å². The summed E-state index contributed by atoms with van der Waals surface area (Å²) >= 11 is 0. The molecule has 0 spiro atoms. The predicted octanol–water partition coefficient (Wildman–Crippen LogP) is 5.82. The number of nitrogens with two attached hydrogens (primary N) is 1. The molecule has 0 aliphatic heterocycles. The smallest absolute Gasteiger partial charge is 0.366 e. The molecule has 0 radical (unpaired) electrons. The molecule has 4 rings (SSSR count). The van der Waals surface area contributed by atoms with E-state index in [0.717, 1.165) is 18.3 Å². The van der Waals surface area contributed by atoms with Gasteiger partial charge in [-0.15, -0.1) is 5.11 Å². The first kappa shape index (κ1) is 24.4. The fraction of sp³-hybridized carbons (Fsp3) is 0.0833. The molecule has 0 bridgehead atoms. The van der Waals surface area contributed by atoms with Crippen LogP contribution in [0.25, 0.3) is 11.3 Å². The van der Waals surface area contributed by atoms with E-state index >= 15 is 0 Å². The van der Waals surface area contributed by atoms with Crippen LogP contribution in [0.2, 0.25) is 0 Å². The van der Waals surface area contributed by atoms with Crippen LogP contribution in [-0.2, 0) is 12.7 Å². The number of rotatable bonds is 7. The fourth-order valence-corrected chi connectivity index (χ4v) is 3.10. The maximum atomic E-state index is 14.2. The Kier molecular flexibility index (Phi) is 6.95. The number of aromatic nitrogens is 3. The van der Waals surface area contributed by atoms with Crippen molar-refractivity contribution in [3.63, 3.8) is 0 Å². The quantitative estimate of drug-likeness (QED) is 0.247. The monoisotopic (exact) mass is 495 g/mol. The topological polar surface area (TPSA) is 119 Å². The highest BCUT2D eigenvalue weighted by atomic mass is 19.4. The second-order valence-corrected chi connectivity index (χ2v) is 7.45. The number of anilines is 2.